The number of carbonyl (C=O) groups is 1. The lowest BCUT2D eigenvalue weighted by atomic mass is 9.68. The summed E-state index contributed by atoms with van der Waals surface area (Å²) in [6.07, 6.45) is 0.752. The molecule has 0 heterocycles. The van der Waals surface area contributed by atoms with Gasteiger partial charge in [-0.05, 0) is 42.9 Å². The van der Waals surface area contributed by atoms with Crippen molar-refractivity contribution in [2.45, 2.75) is 46.5 Å². The Morgan fingerprint density at radius 1 is 1.33 bits per heavy atom. The first-order chi connectivity index (χ1) is 8.41. The van der Waals surface area contributed by atoms with Crippen LogP contribution in [0, 0.1) is 19.8 Å². The fourth-order valence-electron chi connectivity index (χ4n) is 2.82. The van der Waals surface area contributed by atoms with Crippen molar-refractivity contribution in [1.29, 1.82) is 0 Å². The van der Waals surface area contributed by atoms with E-state index in [0.717, 1.165) is 12.0 Å². The zero-order valence-corrected chi connectivity index (χ0v) is 12.3. The summed E-state index contributed by atoms with van der Waals surface area (Å²) >= 11 is 0. The van der Waals surface area contributed by atoms with Crippen molar-refractivity contribution >= 4 is 5.97 Å². The molecule has 0 amide bonds. The number of carbonyl (C=O) groups excluding carboxylic acids is 1. The minimum absolute atomic E-state index is 0.131. The van der Waals surface area contributed by atoms with Crippen LogP contribution in [0.1, 0.15) is 43.9 Å². The van der Waals surface area contributed by atoms with Crippen LogP contribution in [0.4, 0.5) is 0 Å². The molecule has 18 heavy (non-hydrogen) atoms. The molecule has 1 aromatic carbocycles. The molecule has 0 saturated heterocycles. The predicted molar refractivity (Wildman–Crippen MR) is 74.7 cm³/mol. The van der Waals surface area contributed by atoms with Crippen molar-refractivity contribution in [2.24, 2.45) is 5.92 Å². The highest BCUT2D eigenvalue weighted by Gasteiger charge is 2.43. The van der Waals surface area contributed by atoms with Gasteiger partial charge in [0.1, 0.15) is 0 Å². The molecule has 0 aliphatic carbocycles. The summed E-state index contributed by atoms with van der Waals surface area (Å²) in [4.78, 5) is 12.3. The summed E-state index contributed by atoms with van der Waals surface area (Å²) in [5, 5.41) is 0. The van der Waals surface area contributed by atoms with E-state index in [-0.39, 0.29) is 11.9 Å². The van der Waals surface area contributed by atoms with E-state index in [0.29, 0.717) is 0 Å². The third-order valence-corrected chi connectivity index (χ3v) is 4.18. The van der Waals surface area contributed by atoms with Gasteiger partial charge in [-0.1, -0.05) is 39.0 Å². The second-order valence-corrected chi connectivity index (χ2v) is 5.22. The molecule has 0 bridgehead atoms. The SMILES string of the molecule is CCC(C(=O)OC)(c1cccc(C)c1C)C(C)C. The topological polar surface area (TPSA) is 26.3 Å². The molecule has 1 aromatic rings. The fraction of sp³-hybridized carbons (Fsp3) is 0.562. The lowest BCUT2D eigenvalue weighted by molar-refractivity contribution is -0.149. The van der Waals surface area contributed by atoms with Crippen LogP contribution in [0.25, 0.3) is 0 Å². The van der Waals surface area contributed by atoms with E-state index in [1.807, 2.05) is 6.07 Å². The van der Waals surface area contributed by atoms with E-state index in [4.69, 9.17) is 4.74 Å². The van der Waals surface area contributed by atoms with Gasteiger partial charge in [-0.15, -0.1) is 0 Å². The number of esters is 1. The average molecular weight is 248 g/mol. The maximum absolute atomic E-state index is 12.3. The van der Waals surface area contributed by atoms with E-state index in [9.17, 15) is 4.79 Å². The van der Waals surface area contributed by atoms with Gasteiger partial charge in [0.15, 0.2) is 0 Å². The van der Waals surface area contributed by atoms with Gasteiger partial charge >= 0.3 is 5.97 Å². The molecule has 1 unspecified atom stereocenters. The minimum Gasteiger partial charge on any atom is -0.468 e. The van der Waals surface area contributed by atoms with Gasteiger partial charge in [0.2, 0.25) is 0 Å². The lowest BCUT2D eigenvalue weighted by Crippen LogP contribution is -2.42. The van der Waals surface area contributed by atoms with Gasteiger partial charge in [0.25, 0.3) is 0 Å². The summed E-state index contributed by atoms with van der Waals surface area (Å²) in [6, 6.07) is 6.16. The van der Waals surface area contributed by atoms with Crippen molar-refractivity contribution in [3.05, 3.63) is 34.9 Å². The van der Waals surface area contributed by atoms with Crippen molar-refractivity contribution in [3.63, 3.8) is 0 Å². The smallest absolute Gasteiger partial charge is 0.316 e. The molecule has 0 aliphatic rings. The van der Waals surface area contributed by atoms with Crippen molar-refractivity contribution < 1.29 is 9.53 Å². The molecular formula is C16H24O2. The summed E-state index contributed by atoms with van der Waals surface area (Å²) in [6.45, 7) is 10.4. The number of methoxy groups -OCH3 is 1. The van der Waals surface area contributed by atoms with Crippen molar-refractivity contribution in [3.8, 4) is 0 Å². The van der Waals surface area contributed by atoms with Crippen molar-refractivity contribution in [2.75, 3.05) is 7.11 Å². The summed E-state index contributed by atoms with van der Waals surface area (Å²) in [7, 11) is 1.47. The Bertz CT molecular complexity index is 435. The first-order valence-corrected chi connectivity index (χ1v) is 6.56. The van der Waals surface area contributed by atoms with Gasteiger partial charge in [-0.3, -0.25) is 4.79 Å². The highest BCUT2D eigenvalue weighted by Crippen LogP contribution is 2.39. The maximum Gasteiger partial charge on any atom is 0.316 e. The van der Waals surface area contributed by atoms with Crippen LogP contribution in [0.15, 0.2) is 18.2 Å². The molecule has 100 valence electrons. The summed E-state index contributed by atoms with van der Waals surface area (Å²) in [5.41, 5.74) is 2.98. The van der Waals surface area contributed by atoms with E-state index in [1.54, 1.807) is 0 Å². The molecule has 0 saturated carbocycles. The Hall–Kier alpha value is -1.31. The largest absolute Gasteiger partial charge is 0.468 e. The quantitative estimate of drug-likeness (QED) is 0.758. The van der Waals surface area contributed by atoms with Crippen LogP contribution in [0.2, 0.25) is 0 Å². The molecule has 0 fully saturated rings. The average Bonchev–Trinajstić information content (AvgIpc) is 2.35. The molecular weight excluding hydrogens is 224 g/mol. The first-order valence-electron chi connectivity index (χ1n) is 6.56. The minimum atomic E-state index is -0.537. The third-order valence-electron chi connectivity index (χ3n) is 4.18. The molecule has 0 spiro atoms. The number of hydrogen-bond acceptors (Lipinski definition) is 2. The van der Waals surface area contributed by atoms with Crippen LogP contribution >= 0.6 is 0 Å². The molecule has 0 radical (unpaired) electrons. The van der Waals surface area contributed by atoms with E-state index >= 15 is 0 Å². The second kappa shape index (κ2) is 5.55. The third kappa shape index (κ3) is 2.16. The standard InChI is InChI=1S/C16H24O2/c1-7-16(11(2)3,15(17)18-6)14-10-8-9-12(4)13(14)5/h8-11H,7H2,1-6H3. The highest BCUT2D eigenvalue weighted by atomic mass is 16.5. The zero-order chi connectivity index (χ0) is 13.9. The number of aryl methyl sites for hydroxylation is 1. The lowest BCUT2D eigenvalue weighted by Gasteiger charge is -2.36. The van der Waals surface area contributed by atoms with Gasteiger partial charge < -0.3 is 4.74 Å². The van der Waals surface area contributed by atoms with E-state index < -0.39 is 5.41 Å². The monoisotopic (exact) mass is 248 g/mol. The number of rotatable bonds is 4. The van der Waals surface area contributed by atoms with Gasteiger partial charge in [0.05, 0.1) is 12.5 Å². The molecule has 2 nitrogen and oxygen atoms in total. The van der Waals surface area contributed by atoms with E-state index in [1.165, 1.54) is 18.2 Å². The van der Waals surface area contributed by atoms with Crippen LogP contribution in [-0.2, 0) is 14.9 Å². The number of benzene rings is 1. The van der Waals surface area contributed by atoms with Crippen LogP contribution < -0.4 is 0 Å². The van der Waals surface area contributed by atoms with Gasteiger partial charge in [0, 0.05) is 0 Å². The summed E-state index contributed by atoms with van der Waals surface area (Å²) in [5.74, 6) is 0.0733. The van der Waals surface area contributed by atoms with Crippen LogP contribution in [-0.4, -0.2) is 13.1 Å². The van der Waals surface area contributed by atoms with Gasteiger partial charge in [-0.2, -0.15) is 0 Å². The number of ether oxygens (including phenoxy) is 1. The molecule has 0 N–H and O–H groups in total. The summed E-state index contributed by atoms with van der Waals surface area (Å²) < 4.78 is 5.08. The Labute approximate surface area is 110 Å². The van der Waals surface area contributed by atoms with Gasteiger partial charge in [-0.25, -0.2) is 0 Å². The van der Waals surface area contributed by atoms with E-state index in [2.05, 4.69) is 46.8 Å². The Balaban J connectivity index is 3.52. The second-order valence-electron chi connectivity index (χ2n) is 5.22. The molecule has 1 atom stereocenters. The first kappa shape index (κ1) is 14.7. The zero-order valence-electron chi connectivity index (χ0n) is 12.3. The van der Waals surface area contributed by atoms with Crippen LogP contribution in [0.5, 0.6) is 0 Å². The highest BCUT2D eigenvalue weighted by molar-refractivity contribution is 5.84. The Morgan fingerprint density at radius 2 is 1.94 bits per heavy atom. The Kier molecular flexibility index (Phi) is 4.55. The Morgan fingerprint density at radius 3 is 2.39 bits per heavy atom. The molecule has 0 aliphatic heterocycles. The van der Waals surface area contributed by atoms with Crippen LogP contribution in [0.3, 0.4) is 0 Å². The molecule has 0 aromatic heterocycles. The fourth-order valence-corrected chi connectivity index (χ4v) is 2.82. The predicted octanol–water partition coefficient (Wildman–Crippen LogP) is 3.78. The molecule has 2 heteroatoms. The molecule has 1 rings (SSSR count). The van der Waals surface area contributed by atoms with Crippen molar-refractivity contribution in [1.82, 2.24) is 0 Å². The normalized spacial score (nSPS) is 14.4. The number of hydrogen-bond donors (Lipinski definition) is 0. The maximum atomic E-state index is 12.3.